The standard InChI is InChI=1S/C13H12N4O2/c1-8-15-12-11(13(18)16-8)7-14-17(12)9-4-3-5-10(6-9)19-2/h3-7H,1-2H3,(H,15,16,18). The van der Waals surface area contributed by atoms with Gasteiger partial charge in [-0.05, 0) is 19.1 Å². The Hall–Kier alpha value is -2.63. The zero-order valence-electron chi connectivity index (χ0n) is 10.5. The van der Waals surface area contributed by atoms with Crippen LogP contribution >= 0.6 is 0 Å². The molecular weight excluding hydrogens is 244 g/mol. The highest BCUT2D eigenvalue weighted by atomic mass is 16.5. The fraction of sp³-hybridized carbons (Fsp3) is 0.154. The third-order valence-electron chi connectivity index (χ3n) is 2.85. The van der Waals surface area contributed by atoms with Gasteiger partial charge in [0.15, 0.2) is 5.65 Å². The Kier molecular flexibility index (Phi) is 2.56. The summed E-state index contributed by atoms with van der Waals surface area (Å²) >= 11 is 0. The van der Waals surface area contributed by atoms with E-state index in [1.807, 2.05) is 24.3 Å². The van der Waals surface area contributed by atoms with Crippen molar-refractivity contribution in [2.24, 2.45) is 0 Å². The molecule has 0 aliphatic carbocycles. The third-order valence-corrected chi connectivity index (χ3v) is 2.85. The number of aromatic amines is 1. The molecule has 0 unspecified atom stereocenters. The van der Waals surface area contributed by atoms with Crippen LogP contribution in [0.1, 0.15) is 5.82 Å². The molecule has 96 valence electrons. The number of rotatable bonds is 2. The van der Waals surface area contributed by atoms with E-state index in [2.05, 4.69) is 15.1 Å². The van der Waals surface area contributed by atoms with Gasteiger partial charge in [-0.15, -0.1) is 0 Å². The summed E-state index contributed by atoms with van der Waals surface area (Å²) in [5.41, 5.74) is 1.15. The van der Waals surface area contributed by atoms with Crippen molar-refractivity contribution >= 4 is 11.0 Å². The Morgan fingerprint density at radius 2 is 2.21 bits per heavy atom. The number of nitrogens with zero attached hydrogens (tertiary/aromatic N) is 3. The molecule has 3 aromatic rings. The average molecular weight is 256 g/mol. The minimum atomic E-state index is -0.184. The van der Waals surface area contributed by atoms with Gasteiger partial charge in [-0.1, -0.05) is 6.07 Å². The van der Waals surface area contributed by atoms with Crippen molar-refractivity contribution in [1.29, 1.82) is 0 Å². The molecule has 19 heavy (non-hydrogen) atoms. The van der Waals surface area contributed by atoms with Gasteiger partial charge >= 0.3 is 0 Å². The topological polar surface area (TPSA) is 72.8 Å². The summed E-state index contributed by atoms with van der Waals surface area (Å²) in [6.45, 7) is 1.74. The fourth-order valence-corrected chi connectivity index (χ4v) is 1.96. The number of H-pyrrole nitrogens is 1. The van der Waals surface area contributed by atoms with Crippen LogP contribution in [-0.4, -0.2) is 26.9 Å². The molecule has 0 fully saturated rings. The molecule has 0 amide bonds. The minimum absolute atomic E-state index is 0.184. The summed E-state index contributed by atoms with van der Waals surface area (Å²) in [5, 5.41) is 4.69. The molecule has 6 nitrogen and oxygen atoms in total. The van der Waals surface area contributed by atoms with Gasteiger partial charge in [0.25, 0.3) is 5.56 Å². The van der Waals surface area contributed by atoms with E-state index < -0.39 is 0 Å². The Morgan fingerprint density at radius 1 is 1.37 bits per heavy atom. The van der Waals surface area contributed by atoms with Gasteiger partial charge < -0.3 is 9.72 Å². The molecule has 2 aromatic heterocycles. The maximum absolute atomic E-state index is 11.8. The molecule has 1 aromatic carbocycles. The first-order chi connectivity index (χ1) is 9.19. The summed E-state index contributed by atoms with van der Waals surface area (Å²) in [6.07, 6.45) is 1.51. The van der Waals surface area contributed by atoms with Crippen LogP contribution in [0.3, 0.4) is 0 Å². The molecule has 1 N–H and O–H groups in total. The van der Waals surface area contributed by atoms with Crippen LogP contribution in [-0.2, 0) is 0 Å². The monoisotopic (exact) mass is 256 g/mol. The first-order valence-corrected chi connectivity index (χ1v) is 5.78. The van der Waals surface area contributed by atoms with Crippen molar-refractivity contribution in [3.8, 4) is 11.4 Å². The van der Waals surface area contributed by atoms with Gasteiger partial charge in [0.1, 0.15) is 17.0 Å². The smallest absolute Gasteiger partial charge is 0.262 e. The second kappa shape index (κ2) is 4.24. The molecule has 0 aliphatic heterocycles. The van der Waals surface area contributed by atoms with E-state index >= 15 is 0 Å². The molecule has 2 heterocycles. The summed E-state index contributed by atoms with van der Waals surface area (Å²) in [5.74, 6) is 1.28. The number of aryl methyl sites for hydroxylation is 1. The number of hydrogen-bond acceptors (Lipinski definition) is 4. The van der Waals surface area contributed by atoms with E-state index in [0.29, 0.717) is 16.9 Å². The lowest BCUT2D eigenvalue weighted by Crippen LogP contribution is -2.10. The second-order valence-electron chi connectivity index (χ2n) is 4.15. The molecule has 6 heteroatoms. The van der Waals surface area contributed by atoms with E-state index in [4.69, 9.17) is 4.74 Å². The highest BCUT2D eigenvalue weighted by Crippen LogP contribution is 2.18. The van der Waals surface area contributed by atoms with Gasteiger partial charge in [0.2, 0.25) is 0 Å². The Labute approximate surface area is 108 Å². The number of methoxy groups -OCH3 is 1. The minimum Gasteiger partial charge on any atom is -0.497 e. The van der Waals surface area contributed by atoms with Gasteiger partial charge in [0, 0.05) is 6.07 Å². The molecule has 0 bridgehead atoms. The fourth-order valence-electron chi connectivity index (χ4n) is 1.96. The summed E-state index contributed by atoms with van der Waals surface area (Å²) in [6, 6.07) is 7.43. The van der Waals surface area contributed by atoms with E-state index in [1.54, 1.807) is 18.7 Å². The molecule has 0 saturated heterocycles. The Morgan fingerprint density at radius 3 is 3.00 bits per heavy atom. The molecule has 3 rings (SSSR count). The number of hydrogen-bond donors (Lipinski definition) is 1. The van der Waals surface area contributed by atoms with Crippen molar-refractivity contribution in [3.05, 3.63) is 46.6 Å². The van der Waals surface area contributed by atoms with E-state index in [0.717, 1.165) is 11.4 Å². The summed E-state index contributed by atoms with van der Waals surface area (Å²) in [7, 11) is 1.60. The van der Waals surface area contributed by atoms with Gasteiger partial charge in [-0.25, -0.2) is 9.67 Å². The van der Waals surface area contributed by atoms with Crippen LogP contribution in [0.5, 0.6) is 5.75 Å². The quantitative estimate of drug-likeness (QED) is 0.752. The van der Waals surface area contributed by atoms with Crippen LogP contribution < -0.4 is 10.3 Å². The van der Waals surface area contributed by atoms with Crippen LogP contribution in [0.2, 0.25) is 0 Å². The largest absolute Gasteiger partial charge is 0.497 e. The van der Waals surface area contributed by atoms with E-state index in [-0.39, 0.29) is 5.56 Å². The zero-order valence-corrected chi connectivity index (χ0v) is 10.5. The maximum Gasteiger partial charge on any atom is 0.262 e. The predicted molar refractivity (Wildman–Crippen MR) is 70.8 cm³/mol. The number of fused-ring (bicyclic) bond motifs is 1. The lowest BCUT2D eigenvalue weighted by atomic mass is 10.3. The zero-order chi connectivity index (χ0) is 13.4. The maximum atomic E-state index is 11.8. The lowest BCUT2D eigenvalue weighted by Gasteiger charge is -2.05. The van der Waals surface area contributed by atoms with Crippen LogP contribution in [0.4, 0.5) is 0 Å². The second-order valence-corrected chi connectivity index (χ2v) is 4.15. The number of ether oxygens (including phenoxy) is 1. The lowest BCUT2D eigenvalue weighted by molar-refractivity contribution is 0.414. The van der Waals surface area contributed by atoms with Gasteiger partial charge in [0.05, 0.1) is 19.0 Å². The number of benzene rings is 1. The first-order valence-electron chi connectivity index (χ1n) is 5.78. The van der Waals surface area contributed by atoms with Crippen molar-refractivity contribution in [2.45, 2.75) is 6.92 Å². The predicted octanol–water partition coefficient (Wildman–Crippen LogP) is 1.43. The summed E-state index contributed by atoms with van der Waals surface area (Å²) < 4.78 is 6.81. The van der Waals surface area contributed by atoms with Crippen molar-refractivity contribution in [3.63, 3.8) is 0 Å². The highest BCUT2D eigenvalue weighted by molar-refractivity contribution is 5.75. The van der Waals surface area contributed by atoms with Crippen LogP contribution in [0, 0.1) is 6.92 Å². The van der Waals surface area contributed by atoms with Crippen molar-refractivity contribution < 1.29 is 4.74 Å². The van der Waals surface area contributed by atoms with E-state index in [1.165, 1.54) is 6.20 Å². The average Bonchev–Trinajstić information content (AvgIpc) is 2.82. The molecule has 0 spiro atoms. The van der Waals surface area contributed by atoms with Gasteiger partial charge in [-0.2, -0.15) is 5.10 Å². The normalized spacial score (nSPS) is 10.8. The molecule has 0 radical (unpaired) electrons. The third kappa shape index (κ3) is 1.87. The van der Waals surface area contributed by atoms with E-state index in [9.17, 15) is 4.79 Å². The molecule has 0 saturated carbocycles. The molecule has 0 aliphatic rings. The van der Waals surface area contributed by atoms with Gasteiger partial charge in [-0.3, -0.25) is 4.79 Å². The van der Waals surface area contributed by atoms with Crippen LogP contribution in [0.25, 0.3) is 16.7 Å². The Bertz CT molecular complexity index is 804. The molecular formula is C13H12N4O2. The Balaban J connectivity index is 2.28. The van der Waals surface area contributed by atoms with Crippen LogP contribution in [0.15, 0.2) is 35.3 Å². The number of nitrogens with one attached hydrogen (secondary N) is 1. The first kappa shape index (κ1) is 11.5. The van der Waals surface area contributed by atoms with Crippen molar-refractivity contribution in [2.75, 3.05) is 7.11 Å². The summed E-state index contributed by atoms with van der Waals surface area (Å²) in [4.78, 5) is 18.8. The SMILES string of the molecule is COc1cccc(-n2ncc3c(=O)[nH]c(C)nc32)c1. The van der Waals surface area contributed by atoms with Crippen molar-refractivity contribution in [1.82, 2.24) is 19.7 Å². The highest BCUT2D eigenvalue weighted by Gasteiger charge is 2.10. The molecule has 0 atom stereocenters. The number of aromatic nitrogens is 4.